The first-order chi connectivity index (χ1) is 12.9. The number of rotatable bonds is 7. The van der Waals surface area contributed by atoms with Crippen molar-refractivity contribution in [3.05, 3.63) is 65.7 Å². The van der Waals surface area contributed by atoms with Crippen molar-refractivity contribution in [1.29, 1.82) is 0 Å². The summed E-state index contributed by atoms with van der Waals surface area (Å²) >= 11 is 0. The molecule has 0 fully saturated rings. The number of anilines is 1. The molecule has 0 aromatic heterocycles. The summed E-state index contributed by atoms with van der Waals surface area (Å²) in [6, 6.07) is 12.4. The van der Waals surface area contributed by atoms with Gasteiger partial charge in [-0.05, 0) is 30.7 Å². The van der Waals surface area contributed by atoms with Gasteiger partial charge in [-0.1, -0.05) is 24.3 Å². The predicted octanol–water partition coefficient (Wildman–Crippen LogP) is 2.09. The largest absolute Gasteiger partial charge is 0.506 e. The van der Waals surface area contributed by atoms with E-state index in [1.807, 2.05) is 35.9 Å². The number of aliphatic hydroxyl groups excluding tert-OH is 1. The summed E-state index contributed by atoms with van der Waals surface area (Å²) in [6.45, 7) is 3.52. The molecule has 1 heterocycles. The summed E-state index contributed by atoms with van der Waals surface area (Å²) in [7, 11) is -3.96. The summed E-state index contributed by atoms with van der Waals surface area (Å²) in [5.74, 6) is 0.0935. The van der Waals surface area contributed by atoms with E-state index in [-0.39, 0.29) is 11.4 Å². The Hall–Kier alpha value is -2.91. The van der Waals surface area contributed by atoms with Gasteiger partial charge in [0, 0.05) is 18.7 Å². The van der Waals surface area contributed by atoms with E-state index in [4.69, 9.17) is 4.74 Å². The van der Waals surface area contributed by atoms with Crippen LogP contribution in [0.4, 0.5) is 5.69 Å². The molecule has 0 radical (unpaired) electrons. The SMILES string of the molecule is CCOc1ccccc1CNCc1ccc(O)c(N2C=C(O)NS2(=O)=O)c1. The molecule has 8 nitrogen and oxygen atoms in total. The summed E-state index contributed by atoms with van der Waals surface area (Å²) in [5, 5.41) is 22.7. The molecule has 0 bridgehead atoms. The molecule has 2 aromatic rings. The number of phenolic OH excluding ortho intramolecular Hbond substituents is 1. The minimum atomic E-state index is -3.96. The van der Waals surface area contributed by atoms with Crippen molar-refractivity contribution in [2.75, 3.05) is 10.9 Å². The molecule has 4 N–H and O–H groups in total. The molecule has 3 rings (SSSR count). The summed E-state index contributed by atoms with van der Waals surface area (Å²) in [4.78, 5) is 0. The summed E-state index contributed by atoms with van der Waals surface area (Å²) in [6.07, 6.45) is 1.000. The van der Waals surface area contributed by atoms with Crippen LogP contribution in [0.3, 0.4) is 0 Å². The summed E-state index contributed by atoms with van der Waals surface area (Å²) < 4.78 is 32.3. The maximum atomic E-state index is 12.0. The van der Waals surface area contributed by atoms with Gasteiger partial charge < -0.3 is 20.3 Å². The van der Waals surface area contributed by atoms with Crippen LogP contribution in [0.5, 0.6) is 11.5 Å². The number of hydrogen-bond acceptors (Lipinski definition) is 6. The van der Waals surface area contributed by atoms with Crippen LogP contribution in [0, 0.1) is 0 Å². The molecule has 27 heavy (non-hydrogen) atoms. The van der Waals surface area contributed by atoms with E-state index in [9.17, 15) is 18.6 Å². The minimum Gasteiger partial charge on any atom is -0.506 e. The van der Waals surface area contributed by atoms with E-state index in [2.05, 4.69) is 5.32 Å². The number of benzene rings is 2. The van der Waals surface area contributed by atoms with Gasteiger partial charge in [-0.3, -0.25) is 0 Å². The summed E-state index contributed by atoms with van der Waals surface area (Å²) in [5.41, 5.74) is 1.84. The van der Waals surface area contributed by atoms with Crippen molar-refractivity contribution < 1.29 is 23.4 Å². The number of phenols is 1. The molecule has 0 unspecified atom stereocenters. The van der Waals surface area contributed by atoms with Crippen LogP contribution >= 0.6 is 0 Å². The van der Waals surface area contributed by atoms with Crippen molar-refractivity contribution in [2.45, 2.75) is 20.0 Å². The van der Waals surface area contributed by atoms with Crippen LogP contribution in [-0.4, -0.2) is 25.2 Å². The van der Waals surface area contributed by atoms with Gasteiger partial charge in [-0.25, -0.2) is 9.03 Å². The van der Waals surface area contributed by atoms with Gasteiger partial charge in [0.15, 0.2) is 0 Å². The lowest BCUT2D eigenvalue weighted by molar-refractivity contribution is 0.335. The van der Waals surface area contributed by atoms with Crippen molar-refractivity contribution >= 4 is 15.9 Å². The fourth-order valence-corrected chi connectivity index (χ4v) is 3.79. The van der Waals surface area contributed by atoms with Gasteiger partial charge >= 0.3 is 10.2 Å². The lowest BCUT2D eigenvalue weighted by Gasteiger charge is -2.17. The number of nitrogens with one attached hydrogen (secondary N) is 2. The second-order valence-electron chi connectivity index (χ2n) is 5.88. The quantitative estimate of drug-likeness (QED) is 0.575. The lowest BCUT2D eigenvalue weighted by Crippen LogP contribution is -2.29. The normalized spacial score (nSPS) is 15.3. The topological polar surface area (TPSA) is 111 Å². The van der Waals surface area contributed by atoms with E-state index in [0.717, 1.165) is 27.4 Å². The molecular formula is C18H21N3O5S. The zero-order valence-electron chi connectivity index (χ0n) is 14.7. The Morgan fingerprint density at radius 2 is 1.93 bits per heavy atom. The zero-order chi connectivity index (χ0) is 19.4. The average molecular weight is 391 g/mol. The van der Waals surface area contributed by atoms with Gasteiger partial charge in [0.2, 0.25) is 5.88 Å². The van der Waals surface area contributed by atoms with Gasteiger partial charge in [-0.2, -0.15) is 8.42 Å². The molecule has 144 valence electrons. The minimum absolute atomic E-state index is 0.0561. The highest BCUT2D eigenvalue weighted by Gasteiger charge is 2.30. The average Bonchev–Trinajstić information content (AvgIpc) is 2.90. The highest BCUT2D eigenvalue weighted by atomic mass is 32.2. The molecule has 1 aliphatic rings. The Bertz CT molecular complexity index is 959. The fraction of sp³-hybridized carbons (Fsp3) is 0.222. The number of hydrogen-bond donors (Lipinski definition) is 4. The smallest absolute Gasteiger partial charge is 0.330 e. The van der Waals surface area contributed by atoms with E-state index < -0.39 is 16.1 Å². The van der Waals surface area contributed by atoms with Crippen LogP contribution in [0.1, 0.15) is 18.1 Å². The van der Waals surface area contributed by atoms with Crippen molar-refractivity contribution in [3.63, 3.8) is 0 Å². The highest BCUT2D eigenvalue weighted by Crippen LogP contribution is 2.32. The number of nitrogens with zero attached hydrogens (tertiary/aromatic N) is 1. The second-order valence-corrected chi connectivity index (χ2v) is 7.43. The van der Waals surface area contributed by atoms with Gasteiger partial charge in [0.25, 0.3) is 0 Å². The fourth-order valence-electron chi connectivity index (χ4n) is 2.73. The predicted molar refractivity (Wildman–Crippen MR) is 102 cm³/mol. The Kier molecular flexibility index (Phi) is 5.43. The Labute approximate surface area is 157 Å². The molecule has 0 saturated heterocycles. The number of aliphatic hydroxyl groups is 1. The number of aromatic hydroxyl groups is 1. The van der Waals surface area contributed by atoms with Crippen LogP contribution in [0.2, 0.25) is 0 Å². The van der Waals surface area contributed by atoms with Gasteiger partial charge in [-0.15, -0.1) is 0 Å². The van der Waals surface area contributed by atoms with Crippen molar-refractivity contribution in [3.8, 4) is 11.5 Å². The van der Waals surface area contributed by atoms with Crippen LogP contribution in [0.25, 0.3) is 0 Å². The monoisotopic (exact) mass is 391 g/mol. The van der Waals surface area contributed by atoms with Gasteiger partial charge in [0.05, 0.1) is 12.8 Å². The van der Waals surface area contributed by atoms with E-state index in [1.54, 1.807) is 12.1 Å². The zero-order valence-corrected chi connectivity index (χ0v) is 15.5. The third-order valence-corrected chi connectivity index (χ3v) is 5.21. The molecule has 2 aromatic carbocycles. The Morgan fingerprint density at radius 3 is 2.63 bits per heavy atom. The molecule has 0 amide bonds. The number of ether oxygens (including phenoxy) is 1. The van der Waals surface area contributed by atoms with E-state index in [0.29, 0.717) is 19.7 Å². The third-order valence-electron chi connectivity index (χ3n) is 3.93. The molecule has 0 atom stereocenters. The van der Waals surface area contributed by atoms with Crippen LogP contribution in [-0.2, 0) is 23.3 Å². The first-order valence-corrected chi connectivity index (χ1v) is 9.81. The highest BCUT2D eigenvalue weighted by molar-refractivity contribution is 7.91. The number of para-hydroxylation sites is 1. The maximum Gasteiger partial charge on any atom is 0.330 e. The Morgan fingerprint density at radius 1 is 1.15 bits per heavy atom. The van der Waals surface area contributed by atoms with Crippen LogP contribution in [0.15, 0.2) is 54.5 Å². The first kappa shape index (κ1) is 18.9. The van der Waals surface area contributed by atoms with Gasteiger partial charge in [0.1, 0.15) is 17.2 Å². The van der Waals surface area contributed by atoms with Crippen molar-refractivity contribution in [2.24, 2.45) is 0 Å². The Balaban J connectivity index is 1.72. The second kappa shape index (κ2) is 7.77. The third kappa shape index (κ3) is 4.26. The maximum absolute atomic E-state index is 12.0. The lowest BCUT2D eigenvalue weighted by atomic mass is 10.1. The standard InChI is InChI=1S/C18H21N3O5S/c1-2-26-17-6-4-3-5-14(17)11-19-10-13-7-8-16(22)15(9-13)21-12-18(23)20-27(21,24)25/h3-9,12,19-20,22-23H,2,10-11H2,1H3. The van der Waals surface area contributed by atoms with Crippen LogP contribution < -0.4 is 19.1 Å². The molecule has 0 spiro atoms. The molecular weight excluding hydrogens is 370 g/mol. The molecule has 9 heteroatoms. The van der Waals surface area contributed by atoms with E-state index in [1.165, 1.54) is 6.07 Å². The molecule has 0 aliphatic carbocycles. The van der Waals surface area contributed by atoms with Crippen molar-refractivity contribution in [1.82, 2.24) is 10.0 Å². The first-order valence-electron chi connectivity index (χ1n) is 8.37. The molecule has 0 saturated carbocycles. The molecule has 1 aliphatic heterocycles. The van der Waals surface area contributed by atoms with E-state index >= 15 is 0 Å².